The van der Waals surface area contributed by atoms with Gasteiger partial charge in [0.15, 0.2) is 12.0 Å². The molecule has 2 nitrogen and oxygen atoms in total. The Morgan fingerprint density at radius 2 is 1.83 bits per heavy atom. The predicted octanol–water partition coefficient (Wildman–Crippen LogP) is 3.84. The molecule has 1 aliphatic rings. The molecule has 18 heavy (non-hydrogen) atoms. The summed E-state index contributed by atoms with van der Waals surface area (Å²) in [6.07, 6.45) is 2.00. The Morgan fingerprint density at radius 3 is 2.61 bits per heavy atom. The molecule has 3 rings (SSSR count). The summed E-state index contributed by atoms with van der Waals surface area (Å²) in [4.78, 5) is 0. The molecule has 0 aliphatic carbocycles. The minimum atomic E-state index is -0.0696. The standard InChI is InChI=1S/C15H13ClNO/c1-11-17(13-7-3-2-4-8-13)10-12-6-5-9-14(16)15(12)18-11/h2-11H,1H3/q+1. The zero-order valence-electron chi connectivity index (χ0n) is 10.0. The quantitative estimate of drug-likeness (QED) is 0.708. The summed E-state index contributed by atoms with van der Waals surface area (Å²) >= 11 is 6.14. The number of fused-ring (bicyclic) bond motifs is 1. The molecule has 0 amide bonds. The molecule has 0 bridgehead atoms. The Kier molecular flexibility index (Phi) is 2.80. The molecule has 0 spiro atoms. The van der Waals surface area contributed by atoms with Crippen LogP contribution < -0.4 is 4.74 Å². The van der Waals surface area contributed by atoms with Crippen molar-refractivity contribution in [2.45, 2.75) is 13.2 Å². The number of ether oxygens (including phenoxy) is 1. The molecule has 1 unspecified atom stereocenters. The lowest BCUT2D eigenvalue weighted by molar-refractivity contribution is -0.522. The lowest BCUT2D eigenvalue weighted by atomic mass is 10.2. The van der Waals surface area contributed by atoms with Crippen molar-refractivity contribution in [2.75, 3.05) is 0 Å². The smallest absolute Gasteiger partial charge is 0.299 e. The zero-order valence-corrected chi connectivity index (χ0v) is 10.8. The molecule has 2 aromatic carbocycles. The van der Waals surface area contributed by atoms with E-state index in [-0.39, 0.29) is 6.23 Å². The highest BCUT2D eigenvalue weighted by atomic mass is 35.5. The van der Waals surface area contributed by atoms with Crippen molar-refractivity contribution in [3.8, 4) is 5.75 Å². The van der Waals surface area contributed by atoms with Gasteiger partial charge in [0.25, 0.3) is 6.23 Å². The van der Waals surface area contributed by atoms with Crippen molar-refractivity contribution in [3.63, 3.8) is 0 Å². The largest absolute Gasteiger partial charge is 0.431 e. The molecule has 2 aromatic rings. The number of halogens is 1. The maximum atomic E-state index is 6.14. The first-order chi connectivity index (χ1) is 8.75. The van der Waals surface area contributed by atoms with Gasteiger partial charge in [-0.1, -0.05) is 35.9 Å². The highest BCUT2D eigenvalue weighted by molar-refractivity contribution is 6.32. The lowest BCUT2D eigenvalue weighted by Crippen LogP contribution is -2.30. The average molecular weight is 259 g/mol. The van der Waals surface area contributed by atoms with E-state index in [0.717, 1.165) is 17.0 Å². The van der Waals surface area contributed by atoms with Gasteiger partial charge < -0.3 is 4.74 Å². The van der Waals surface area contributed by atoms with E-state index < -0.39 is 0 Å². The SMILES string of the molecule is CC1Oc2c(Cl)cccc2C=[N+]1c1ccccc1. The van der Waals surface area contributed by atoms with E-state index in [1.165, 1.54) is 0 Å². The first-order valence-electron chi connectivity index (χ1n) is 5.89. The Hall–Kier alpha value is -1.80. The van der Waals surface area contributed by atoms with Gasteiger partial charge in [-0.05, 0) is 12.1 Å². The van der Waals surface area contributed by atoms with Gasteiger partial charge in [-0.2, -0.15) is 4.58 Å². The number of rotatable bonds is 1. The number of benzene rings is 2. The van der Waals surface area contributed by atoms with Crippen molar-refractivity contribution < 1.29 is 9.31 Å². The summed E-state index contributed by atoms with van der Waals surface area (Å²) in [6, 6.07) is 15.9. The fraction of sp³-hybridized carbons (Fsp3) is 0.133. The van der Waals surface area contributed by atoms with Gasteiger partial charge >= 0.3 is 0 Å². The van der Waals surface area contributed by atoms with Gasteiger partial charge in [0.2, 0.25) is 5.69 Å². The van der Waals surface area contributed by atoms with Crippen LogP contribution in [0, 0.1) is 0 Å². The van der Waals surface area contributed by atoms with Crippen LogP contribution in [0.3, 0.4) is 0 Å². The molecular weight excluding hydrogens is 246 g/mol. The van der Waals surface area contributed by atoms with Gasteiger partial charge in [0.1, 0.15) is 0 Å². The van der Waals surface area contributed by atoms with Crippen LogP contribution in [0.5, 0.6) is 5.75 Å². The topological polar surface area (TPSA) is 12.2 Å². The van der Waals surface area contributed by atoms with Gasteiger partial charge in [0, 0.05) is 19.1 Å². The number of hydrogen-bond acceptors (Lipinski definition) is 1. The first kappa shape index (κ1) is 11.3. The van der Waals surface area contributed by atoms with Gasteiger partial charge in [-0.25, -0.2) is 0 Å². The van der Waals surface area contributed by atoms with Crippen molar-refractivity contribution in [1.29, 1.82) is 0 Å². The lowest BCUT2D eigenvalue weighted by Gasteiger charge is -2.20. The third kappa shape index (κ3) is 1.89. The highest BCUT2D eigenvalue weighted by Gasteiger charge is 2.27. The number of nitrogens with zero attached hydrogens (tertiary/aromatic N) is 1. The van der Waals surface area contributed by atoms with E-state index in [0.29, 0.717) is 5.02 Å². The van der Waals surface area contributed by atoms with Crippen LogP contribution in [0.4, 0.5) is 5.69 Å². The van der Waals surface area contributed by atoms with Crippen LogP contribution in [-0.4, -0.2) is 17.0 Å². The van der Waals surface area contributed by atoms with Crippen molar-refractivity contribution >= 4 is 23.5 Å². The Balaban J connectivity index is 2.12. The number of hydrogen-bond donors (Lipinski definition) is 0. The van der Waals surface area contributed by atoms with Gasteiger partial charge in [-0.15, -0.1) is 0 Å². The van der Waals surface area contributed by atoms with Crippen molar-refractivity contribution in [2.24, 2.45) is 0 Å². The molecular formula is C15H13ClNO+. The maximum absolute atomic E-state index is 6.14. The summed E-state index contributed by atoms with van der Waals surface area (Å²) in [5.41, 5.74) is 2.11. The van der Waals surface area contributed by atoms with E-state index in [4.69, 9.17) is 16.3 Å². The van der Waals surface area contributed by atoms with E-state index in [9.17, 15) is 0 Å². The Labute approximate surface area is 111 Å². The normalized spacial score (nSPS) is 17.7. The second-order valence-corrected chi connectivity index (χ2v) is 4.65. The van der Waals surface area contributed by atoms with Crippen LogP contribution in [0.2, 0.25) is 5.02 Å². The first-order valence-corrected chi connectivity index (χ1v) is 6.27. The van der Waals surface area contributed by atoms with Crippen LogP contribution in [0.25, 0.3) is 0 Å². The van der Waals surface area contributed by atoms with Crippen LogP contribution in [0.1, 0.15) is 12.5 Å². The average Bonchev–Trinajstić information content (AvgIpc) is 2.40. The minimum absolute atomic E-state index is 0.0696. The molecule has 3 heteroatoms. The highest BCUT2D eigenvalue weighted by Crippen LogP contribution is 2.32. The second kappa shape index (κ2) is 4.46. The molecule has 0 N–H and O–H groups in total. The molecule has 90 valence electrons. The summed E-state index contributed by atoms with van der Waals surface area (Å²) in [6.45, 7) is 2.01. The van der Waals surface area contributed by atoms with Gasteiger partial charge in [0.05, 0.1) is 10.6 Å². The fourth-order valence-electron chi connectivity index (χ4n) is 2.12. The summed E-state index contributed by atoms with van der Waals surface area (Å²) < 4.78 is 7.99. The number of para-hydroxylation sites is 2. The van der Waals surface area contributed by atoms with Crippen molar-refractivity contribution in [1.82, 2.24) is 0 Å². The summed E-state index contributed by atoms with van der Waals surface area (Å²) in [5.74, 6) is 0.763. The van der Waals surface area contributed by atoms with Crippen molar-refractivity contribution in [3.05, 3.63) is 59.1 Å². The predicted molar refractivity (Wildman–Crippen MR) is 73.1 cm³/mol. The van der Waals surface area contributed by atoms with Crippen LogP contribution >= 0.6 is 11.6 Å². The van der Waals surface area contributed by atoms with E-state index in [1.807, 2.05) is 43.3 Å². The molecule has 1 atom stereocenters. The molecule has 0 saturated heterocycles. The molecule has 1 aliphatic heterocycles. The maximum Gasteiger partial charge on any atom is 0.299 e. The van der Waals surface area contributed by atoms with Crippen LogP contribution in [0.15, 0.2) is 48.5 Å². The fourth-order valence-corrected chi connectivity index (χ4v) is 2.34. The molecule has 0 fully saturated rings. The molecule has 0 saturated carbocycles. The zero-order chi connectivity index (χ0) is 12.5. The van der Waals surface area contributed by atoms with E-state index >= 15 is 0 Å². The third-order valence-electron chi connectivity index (χ3n) is 3.01. The molecule has 0 radical (unpaired) electrons. The molecule has 0 aromatic heterocycles. The van der Waals surface area contributed by atoms with E-state index in [1.54, 1.807) is 0 Å². The summed E-state index contributed by atoms with van der Waals surface area (Å²) in [7, 11) is 0. The van der Waals surface area contributed by atoms with E-state index in [2.05, 4.69) is 22.9 Å². The minimum Gasteiger partial charge on any atom is -0.431 e. The van der Waals surface area contributed by atoms with Crippen LogP contribution in [-0.2, 0) is 0 Å². The second-order valence-electron chi connectivity index (χ2n) is 4.25. The van der Waals surface area contributed by atoms with Gasteiger partial charge in [-0.3, -0.25) is 0 Å². The Bertz CT molecular complexity index is 607. The monoisotopic (exact) mass is 258 g/mol. The Morgan fingerprint density at radius 1 is 1.06 bits per heavy atom. The third-order valence-corrected chi connectivity index (χ3v) is 3.31. The summed E-state index contributed by atoms with van der Waals surface area (Å²) in [5, 5.41) is 0.656. The molecule has 1 heterocycles.